The van der Waals surface area contributed by atoms with Gasteiger partial charge < -0.3 is 32.2 Å². The zero-order chi connectivity index (χ0) is 35.9. The van der Waals surface area contributed by atoms with Crippen LogP contribution in [0.15, 0.2) is 84.0 Å². The molecule has 3 aromatic carbocycles. The largest absolute Gasteiger partial charge is 0.409 e. The fourth-order valence-electron chi connectivity index (χ4n) is 5.36. The summed E-state index contributed by atoms with van der Waals surface area (Å²) in [5, 5.41) is 23.1. The lowest BCUT2D eigenvalue weighted by atomic mass is 10.1. The van der Waals surface area contributed by atoms with E-state index in [4.69, 9.17) is 10.9 Å². The molecule has 0 aliphatic carbocycles. The zero-order valence-corrected chi connectivity index (χ0v) is 28.4. The Morgan fingerprint density at radius 1 is 0.820 bits per heavy atom. The van der Waals surface area contributed by atoms with Crippen molar-refractivity contribution < 1.29 is 32.8 Å². The number of hydrogen-bond donors (Lipinski definition) is 7. The van der Waals surface area contributed by atoms with Crippen LogP contribution >= 0.6 is 0 Å². The number of nitrogens with two attached hydrogens (primary N) is 1. The van der Waals surface area contributed by atoms with E-state index in [1.807, 2.05) is 0 Å². The van der Waals surface area contributed by atoms with E-state index in [1.54, 1.807) is 72.8 Å². The minimum Gasteiger partial charge on any atom is -0.409 e. The monoisotopic (exact) mass is 705 g/mol. The molecule has 15 heteroatoms. The molecule has 0 spiro atoms. The maximum Gasteiger partial charge on any atom is 0.251 e. The number of sulfonamides is 1. The van der Waals surface area contributed by atoms with Crippen LogP contribution in [0.2, 0.25) is 0 Å². The van der Waals surface area contributed by atoms with Crippen molar-refractivity contribution in [3.8, 4) is 0 Å². The first kappa shape index (κ1) is 37.5. The highest BCUT2D eigenvalue weighted by Gasteiger charge is 2.29. The normalized spacial score (nSPS) is 18.7. The molecule has 0 saturated heterocycles. The van der Waals surface area contributed by atoms with Crippen LogP contribution in [0.4, 0.5) is 0 Å². The van der Waals surface area contributed by atoms with Crippen molar-refractivity contribution in [3.63, 3.8) is 0 Å². The summed E-state index contributed by atoms with van der Waals surface area (Å²) in [6.45, 7) is 0.660. The molecule has 0 radical (unpaired) electrons. The second-order valence-electron chi connectivity index (χ2n) is 12.0. The van der Waals surface area contributed by atoms with E-state index in [0.717, 1.165) is 5.56 Å². The molecule has 0 saturated carbocycles. The van der Waals surface area contributed by atoms with Gasteiger partial charge in [0, 0.05) is 36.3 Å². The minimum absolute atomic E-state index is 0.0560. The van der Waals surface area contributed by atoms with Gasteiger partial charge >= 0.3 is 0 Å². The average Bonchev–Trinajstić information content (AvgIpc) is 3.12. The van der Waals surface area contributed by atoms with Crippen LogP contribution in [-0.4, -0.2) is 68.3 Å². The van der Waals surface area contributed by atoms with E-state index >= 15 is 0 Å². The van der Waals surface area contributed by atoms with Crippen molar-refractivity contribution in [3.05, 3.63) is 107 Å². The first-order valence-electron chi connectivity index (χ1n) is 16.4. The molecule has 1 heterocycles. The number of hydrogen-bond acceptors (Lipinski definition) is 8. The fourth-order valence-corrected chi connectivity index (χ4v) is 6.73. The maximum absolute atomic E-state index is 13.7. The summed E-state index contributed by atoms with van der Waals surface area (Å²) in [7, 11) is -3.96. The number of benzene rings is 3. The molecular weight excluding hydrogens is 662 g/mol. The fraction of sp³-hybridized carbons (Fsp3) is 0.343. The first-order valence-corrected chi connectivity index (χ1v) is 18.0. The van der Waals surface area contributed by atoms with Crippen molar-refractivity contribution in [1.82, 2.24) is 26.0 Å². The van der Waals surface area contributed by atoms with Crippen LogP contribution in [0.1, 0.15) is 75.9 Å². The Morgan fingerprint density at radius 3 is 2.06 bits per heavy atom. The Hall–Kier alpha value is -5.28. The Morgan fingerprint density at radius 2 is 1.44 bits per heavy atom. The molecular formula is C35H43N7O7S. The summed E-state index contributed by atoms with van der Waals surface area (Å²) in [4.78, 5) is 52.7. The molecule has 0 aromatic heterocycles. The second-order valence-corrected chi connectivity index (χ2v) is 13.7. The number of rotatable bonds is 8. The number of carbonyl (C=O) groups excluding carboxylic acids is 4. The topological polar surface area (TPSA) is 221 Å². The number of nitrogens with zero attached hydrogens (tertiary/aromatic N) is 1. The average molecular weight is 706 g/mol. The summed E-state index contributed by atoms with van der Waals surface area (Å²) >= 11 is 0. The van der Waals surface area contributed by atoms with Crippen LogP contribution in [0, 0.1) is 0 Å². The van der Waals surface area contributed by atoms with Crippen LogP contribution in [0.3, 0.4) is 0 Å². The number of carbonyl (C=O) groups is 4. The van der Waals surface area contributed by atoms with Crippen LogP contribution < -0.4 is 31.7 Å². The van der Waals surface area contributed by atoms with Crippen molar-refractivity contribution in [2.75, 3.05) is 13.1 Å². The Kier molecular flexibility index (Phi) is 13.9. The van der Waals surface area contributed by atoms with Crippen LogP contribution in [-0.2, 0) is 31.9 Å². The highest BCUT2D eigenvalue weighted by molar-refractivity contribution is 7.88. The van der Waals surface area contributed by atoms with E-state index < -0.39 is 33.9 Å². The van der Waals surface area contributed by atoms with Gasteiger partial charge in [-0.25, -0.2) is 13.1 Å². The highest BCUT2D eigenvalue weighted by Crippen LogP contribution is 2.12. The van der Waals surface area contributed by atoms with Gasteiger partial charge in [-0.15, -0.1) is 0 Å². The van der Waals surface area contributed by atoms with E-state index in [9.17, 15) is 27.6 Å². The third-order valence-electron chi connectivity index (χ3n) is 8.09. The Bertz CT molecular complexity index is 1770. The molecule has 266 valence electrons. The van der Waals surface area contributed by atoms with Gasteiger partial charge in [0.05, 0.1) is 5.75 Å². The minimum atomic E-state index is -3.96. The molecule has 2 bridgehead atoms. The molecule has 50 heavy (non-hydrogen) atoms. The third-order valence-corrected chi connectivity index (χ3v) is 9.45. The van der Waals surface area contributed by atoms with Gasteiger partial charge in [0.2, 0.25) is 21.8 Å². The van der Waals surface area contributed by atoms with Gasteiger partial charge in [-0.05, 0) is 67.9 Å². The number of oxime groups is 1. The molecule has 8 N–H and O–H groups in total. The molecule has 4 rings (SSSR count). The summed E-state index contributed by atoms with van der Waals surface area (Å²) in [5.74, 6) is -2.22. The Labute approximate surface area is 291 Å². The lowest BCUT2D eigenvalue weighted by molar-refractivity contribution is -0.130. The highest BCUT2D eigenvalue weighted by atomic mass is 32.2. The predicted octanol–water partition coefficient (Wildman–Crippen LogP) is 1.88. The molecule has 1 aliphatic heterocycles. The number of nitrogens with one attached hydrogen (secondary N) is 5. The van der Waals surface area contributed by atoms with E-state index in [1.165, 1.54) is 6.07 Å². The van der Waals surface area contributed by atoms with Crippen molar-refractivity contribution in [1.29, 1.82) is 0 Å². The number of fused-ring (bicyclic) bond motifs is 2. The number of amidine groups is 1. The van der Waals surface area contributed by atoms with Gasteiger partial charge in [-0.1, -0.05) is 65.8 Å². The quantitative estimate of drug-likeness (QED) is 0.0792. The molecule has 14 nitrogen and oxygen atoms in total. The van der Waals surface area contributed by atoms with Gasteiger partial charge in [-0.3, -0.25) is 19.2 Å². The molecule has 4 amide bonds. The maximum atomic E-state index is 13.7. The Balaban J connectivity index is 1.51. The second kappa shape index (κ2) is 18.5. The molecule has 0 unspecified atom stereocenters. The zero-order valence-electron chi connectivity index (χ0n) is 27.6. The number of amides is 4. The SMILES string of the molecule is N/C(=N\O)c1ccc(CNC(=O)[C@@H]2CCCCNC(=O)c3cccc(c3)C(=O)NCCCC[C@@H](NS(=O)(=O)Cc3ccccc3)C(=O)N2)cc1. The van der Waals surface area contributed by atoms with Crippen molar-refractivity contribution >= 4 is 39.5 Å². The molecule has 1 aliphatic rings. The molecule has 2 atom stereocenters. The standard InChI is InChI=1S/C35H43N7O7S/c36-31(41-47)26-17-15-24(16-18-26)22-39-34(45)29-13-4-6-19-37-32(43)27-11-8-12-28(21-27)33(44)38-20-7-5-14-30(35(46)40-29)42-50(48,49)23-25-9-2-1-3-10-25/h1-3,8-12,15-18,21,29-30,42,47H,4-7,13-14,19-20,22-23H2,(H2,36,41)(H,37,43)(H,38,44)(H,39,45)(H,40,46)/t29-,30+/m0/s1. The smallest absolute Gasteiger partial charge is 0.251 e. The van der Waals surface area contributed by atoms with Crippen LogP contribution in [0.5, 0.6) is 0 Å². The van der Waals surface area contributed by atoms with Crippen LogP contribution in [0.25, 0.3) is 0 Å². The molecule has 0 fully saturated rings. The van der Waals surface area contributed by atoms with Gasteiger partial charge in [0.1, 0.15) is 12.1 Å². The van der Waals surface area contributed by atoms with E-state index in [2.05, 4.69) is 31.1 Å². The lowest BCUT2D eigenvalue weighted by Gasteiger charge is -2.23. The molecule has 3 aromatic rings. The summed E-state index contributed by atoms with van der Waals surface area (Å²) in [5.41, 5.74) is 8.06. The van der Waals surface area contributed by atoms with E-state index in [-0.39, 0.29) is 55.9 Å². The summed E-state index contributed by atoms with van der Waals surface area (Å²) in [6, 6.07) is 19.4. The lowest BCUT2D eigenvalue weighted by Crippen LogP contribution is -2.53. The predicted molar refractivity (Wildman–Crippen MR) is 188 cm³/mol. The van der Waals surface area contributed by atoms with Gasteiger partial charge in [0.25, 0.3) is 11.8 Å². The summed E-state index contributed by atoms with van der Waals surface area (Å²) in [6.07, 6.45) is 2.08. The first-order chi connectivity index (χ1) is 24.0. The van der Waals surface area contributed by atoms with Gasteiger partial charge in [0.15, 0.2) is 5.84 Å². The third kappa shape index (κ3) is 11.7. The summed E-state index contributed by atoms with van der Waals surface area (Å²) < 4.78 is 28.9. The van der Waals surface area contributed by atoms with Crippen molar-refractivity contribution in [2.45, 2.75) is 62.9 Å². The van der Waals surface area contributed by atoms with E-state index in [0.29, 0.717) is 47.9 Å². The van der Waals surface area contributed by atoms with Gasteiger partial charge in [-0.2, -0.15) is 0 Å². The van der Waals surface area contributed by atoms with Crippen molar-refractivity contribution in [2.24, 2.45) is 10.9 Å².